The number of thiazole rings is 1. The van der Waals surface area contributed by atoms with Crippen molar-refractivity contribution in [2.75, 3.05) is 0 Å². The molecule has 0 aliphatic heterocycles. The topological polar surface area (TPSA) is 56.0 Å². The van der Waals surface area contributed by atoms with Crippen molar-refractivity contribution in [1.29, 1.82) is 0 Å². The zero-order valence-electron chi connectivity index (χ0n) is 10.2. The van der Waals surface area contributed by atoms with E-state index in [9.17, 15) is 13.6 Å². The first-order valence-corrected chi connectivity index (χ1v) is 6.53. The normalized spacial score (nSPS) is 12.4. The van der Waals surface area contributed by atoms with Gasteiger partial charge in [0.2, 0.25) is 0 Å². The van der Waals surface area contributed by atoms with E-state index in [4.69, 9.17) is 5.73 Å². The molecule has 6 heteroatoms. The van der Waals surface area contributed by atoms with Crippen LogP contribution in [0.1, 0.15) is 34.0 Å². The minimum absolute atomic E-state index is 0.0281. The van der Waals surface area contributed by atoms with Gasteiger partial charge in [-0.1, -0.05) is 0 Å². The lowest BCUT2D eigenvalue weighted by Gasteiger charge is -2.01. The number of aromatic nitrogens is 1. The van der Waals surface area contributed by atoms with E-state index in [2.05, 4.69) is 4.98 Å². The number of ketones is 1. The zero-order valence-corrected chi connectivity index (χ0v) is 11.0. The number of carbonyl (C=O) groups excluding carboxylic acids is 1. The molecule has 0 spiro atoms. The van der Waals surface area contributed by atoms with Crippen LogP contribution in [0.2, 0.25) is 0 Å². The lowest BCUT2D eigenvalue weighted by Crippen LogP contribution is -2.08. The molecule has 19 heavy (non-hydrogen) atoms. The highest BCUT2D eigenvalue weighted by Crippen LogP contribution is 2.18. The van der Waals surface area contributed by atoms with Crippen LogP contribution in [-0.2, 0) is 6.42 Å². The third-order valence-electron chi connectivity index (χ3n) is 2.56. The van der Waals surface area contributed by atoms with Gasteiger partial charge in [0, 0.05) is 11.8 Å². The summed E-state index contributed by atoms with van der Waals surface area (Å²) in [5.41, 5.74) is 5.92. The molecular weight excluding hydrogens is 270 g/mol. The second-order valence-corrected chi connectivity index (χ2v) is 5.09. The fraction of sp³-hybridized carbons (Fsp3) is 0.231. The zero-order chi connectivity index (χ0) is 14.0. The molecule has 0 saturated carbocycles. The Hall–Kier alpha value is -1.66. The van der Waals surface area contributed by atoms with Crippen LogP contribution >= 0.6 is 11.3 Å². The third kappa shape index (κ3) is 3.21. The van der Waals surface area contributed by atoms with Crippen LogP contribution in [0.4, 0.5) is 8.78 Å². The molecule has 3 nitrogen and oxygen atoms in total. The lowest BCUT2D eigenvalue weighted by molar-refractivity contribution is 0.0987. The largest absolute Gasteiger partial charge is 0.322 e. The Bertz CT molecular complexity index is 610. The highest BCUT2D eigenvalue weighted by atomic mass is 32.1. The molecule has 2 aromatic rings. The second kappa shape index (κ2) is 5.54. The lowest BCUT2D eigenvalue weighted by atomic mass is 10.1. The first-order valence-electron chi connectivity index (χ1n) is 5.65. The summed E-state index contributed by atoms with van der Waals surface area (Å²) in [7, 11) is 0. The SMILES string of the molecule is CC(N)c1nc(C(=O)Cc2cc(F)ccc2F)cs1. The van der Waals surface area contributed by atoms with Crippen molar-refractivity contribution in [2.24, 2.45) is 5.73 Å². The molecule has 0 aliphatic carbocycles. The summed E-state index contributed by atoms with van der Waals surface area (Å²) in [5, 5.41) is 2.22. The fourth-order valence-electron chi connectivity index (χ4n) is 1.57. The van der Waals surface area contributed by atoms with Gasteiger partial charge in [-0.15, -0.1) is 11.3 Å². The summed E-state index contributed by atoms with van der Waals surface area (Å²) in [5.74, 6) is -1.52. The molecule has 0 saturated heterocycles. The maximum Gasteiger partial charge on any atom is 0.186 e. The molecule has 1 unspecified atom stereocenters. The van der Waals surface area contributed by atoms with Gasteiger partial charge in [-0.05, 0) is 30.7 Å². The Morgan fingerprint density at radius 2 is 2.21 bits per heavy atom. The van der Waals surface area contributed by atoms with Crippen molar-refractivity contribution in [2.45, 2.75) is 19.4 Å². The van der Waals surface area contributed by atoms with Gasteiger partial charge < -0.3 is 5.73 Å². The summed E-state index contributed by atoms with van der Waals surface area (Å²) >= 11 is 1.28. The summed E-state index contributed by atoms with van der Waals surface area (Å²) < 4.78 is 26.4. The number of benzene rings is 1. The van der Waals surface area contributed by atoms with E-state index in [1.165, 1.54) is 11.3 Å². The van der Waals surface area contributed by atoms with E-state index < -0.39 is 11.6 Å². The van der Waals surface area contributed by atoms with Crippen LogP contribution in [0.15, 0.2) is 23.6 Å². The Balaban J connectivity index is 2.18. The van der Waals surface area contributed by atoms with Crippen LogP contribution in [-0.4, -0.2) is 10.8 Å². The van der Waals surface area contributed by atoms with Crippen molar-refractivity contribution in [3.05, 3.63) is 51.5 Å². The molecule has 100 valence electrons. The maximum absolute atomic E-state index is 13.4. The number of Topliss-reactive ketones (excluding diaryl/α,β-unsaturated/α-hetero) is 1. The number of rotatable bonds is 4. The van der Waals surface area contributed by atoms with E-state index in [1.54, 1.807) is 12.3 Å². The smallest absolute Gasteiger partial charge is 0.186 e. The Kier molecular flexibility index (Phi) is 4.01. The van der Waals surface area contributed by atoms with Gasteiger partial charge in [-0.25, -0.2) is 13.8 Å². The quantitative estimate of drug-likeness (QED) is 0.877. The van der Waals surface area contributed by atoms with Gasteiger partial charge in [-0.3, -0.25) is 4.79 Å². The van der Waals surface area contributed by atoms with Crippen molar-refractivity contribution < 1.29 is 13.6 Å². The van der Waals surface area contributed by atoms with Gasteiger partial charge in [0.1, 0.15) is 22.3 Å². The molecular formula is C13H12F2N2OS. The Morgan fingerprint density at radius 3 is 2.84 bits per heavy atom. The number of carbonyl (C=O) groups is 1. The van der Waals surface area contributed by atoms with E-state index in [-0.39, 0.29) is 29.5 Å². The predicted molar refractivity (Wildman–Crippen MR) is 69.1 cm³/mol. The monoisotopic (exact) mass is 282 g/mol. The molecule has 0 radical (unpaired) electrons. The van der Waals surface area contributed by atoms with E-state index >= 15 is 0 Å². The van der Waals surface area contributed by atoms with Crippen LogP contribution in [0.5, 0.6) is 0 Å². The van der Waals surface area contributed by atoms with Gasteiger partial charge in [0.05, 0.1) is 6.04 Å². The fourth-order valence-corrected chi connectivity index (χ4v) is 2.35. The minimum atomic E-state index is -0.600. The summed E-state index contributed by atoms with van der Waals surface area (Å²) in [4.78, 5) is 16.0. The van der Waals surface area contributed by atoms with Gasteiger partial charge in [0.15, 0.2) is 5.78 Å². The molecule has 1 atom stereocenters. The van der Waals surface area contributed by atoms with Crippen molar-refractivity contribution in [1.82, 2.24) is 4.98 Å². The van der Waals surface area contributed by atoms with E-state index in [1.807, 2.05) is 0 Å². The third-order valence-corrected chi connectivity index (χ3v) is 3.60. The van der Waals surface area contributed by atoms with E-state index in [0.29, 0.717) is 5.01 Å². The number of hydrogen-bond acceptors (Lipinski definition) is 4. The number of hydrogen-bond donors (Lipinski definition) is 1. The minimum Gasteiger partial charge on any atom is -0.322 e. The highest BCUT2D eigenvalue weighted by Gasteiger charge is 2.15. The summed E-state index contributed by atoms with van der Waals surface area (Å²) in [6.45, 7) is 1.76. The first kappa shape index (κ1) is 13.8. The van der Waals surface area contributed by atoms with Gasteiger partial charge in [0.25, 0.3) is 0 Å². The van der Waals surface area contributed by atoms with Gasteiger partial charge >= 0.3 is 0 Å². The second-order valence-electron chi connectivity index (χ2n) is 4.20. The summed E-state index contributed by atoms with van der Waals surface area (Å²) in [6.07, 6.45) is -0.217. The maximum atomic E-state index is 13.4. The van der Waals surface area contributed by atoms with Crippen molar-refractivity contribution >= 4 is 17.1 Å². The molecule has 1 heterocycles. The molecule has 0 bridgehead atoms. The Labute approximate surface area is 113 Å². The molecule has 0 amide bonds. The predicted octanol–water partition coefficient (Wildman–Crippen LogP) is 2.87. The molecule has 2 N–H and O–H groups in total. The molecule has 1 aromatic carbocycles. The number of halogens is 2. The average Bonchev–Trinajstić information content (AvgIpc) is 2.83. The van der Waals surface area contributed by atoms with Crippen LogP contribution < -0.4 is 5.73 Å². The summed E-state index contributed by atoms with van der Waals surface area (Å²) in [6, 6.07) is 2.79. The highest BCUT2D eigenvalue weighted by molar-refractivity contribution is 7.09. The van der Waals surface area contributed by atoms with Crippen LogP contribution in [0.3, 0.4) is 0 Å². The van der Waals surface area contributed by atoms with Crippen LogP contribution in [0.25, 0.3) is 0 Å². The van der Waals surface area contributed by atoms with Gasteiger partial charge in [-0.2, -0.15) is 0 Å². The van der Waals surface area contributed by atoms with Crippen molar-refractivity contribution in [3.8, 4) is 0 Å². The molecule has 0 fully saturated rings. The van der Waals surface area contributed by atoms with E-state index in [0.717, 1.165) is 18.2 Å². The molecule has 0 aliphatic rings. The average molecular weight is 282 g/mol. The van der Waals surface area contributed by atoms with Crippen molar-refractivity contribution in [3.63, 3.8) is 0 Å². The standard InChI is InChI=1S/C13H12F2N2OS/c1-7(16)13-17-11(6-19-13)12(18)5-8-4-9(14)2-3-10(8)15/h2-4,6-7H,5,16H2,1H3. The number of nitrogens with two attached hydrogens (primary N) is 1. The first-order chi connectivity index (χ1) is 8.97. The number of nitrogens with zero attached hydrogens (tertiary/aromatic N) is 1. The molecule has 2 rings (SSSR count). The Morgan fingerprint density at radius 1 is 1.47 bits per heavy atom. The van der Waals surface area contributed by atoms with Crippen LogP contribution in [0, 0.1) is 11.6 Å². The molecule has 1 aromatic heterocycles.